The molecule has 0 aromatic heterocycles. The normalized spacial score (nSPS) is 12.3. The Morgan fingerprint density at radius 1 is 0.741 bits per heavy atom. The maximum atomic E-state index is 12.8. The topological polar surface area (TPSA) is 64.6 Å². The number of carbonyl (C=O) groups is 2. The van der Waals surface area contributed by atoms with Crippen LogP contribution in [0.3, 0.4) is 0 Å². The molecule has 1 amide bonds. The molecule has 5 nitrogen and oxygen atoms in total. The first-order valence-corrected chi connectivity index (χ1v) is 8.62. The number of hydrogen-bond acceptors (Lipinski definition) is 4. The molecule has 3 aromatic rings. The molecule has 5 heteroatoms. The number of rotatable bonds is 4. The number of benzene rings is 3. The smallest absolute Gasteiger partial charge is 0.256 e. The minimum atomic E-state index is -0.355. The first kappa shape index (κ1) is 16.8. The Kier molecular flexibility index (Phi) is 4.58. The lowest BCUT2D eigenvalue weighted by Gasteiger charge is -2.19. The van der Waals surface area contributed by atoms with Crippen molar-refractivity contribution in [2.45, 2.75) is 0 Å². The molecule has 0 unspecified atom stereocenters. The van der Waals surface area contributed by atoms with E-state index in [1.165, 1.54) is 0 Å². The van der Waals surface area contributed by atoms with E-state index in [-0.39, 0.29) is 11.7 Å². The average molecular weight is 359 g/mol. The highest BCUT2D eigenvalue weighted by molar-refractivity contribution is 6.17. The first-order valence-electron chi connectivity index (χ1n) is 8.62. The van der Waals surface area contributed by atoms with Gasteiger partial charge in [-0.1, -0.05) is 48.5 Å². The largest absolute Gasteiger partial charge is 0.486 e. The van der Waals surface area contributed by atoms with Crippen LogP contribution in [-0.2, 0) is 0 Å². The highest BCUT2D eigenvalue weighted by Crippen LogP contribution is 2.32. The molecular weight excluding hydrogens is 342 g/mol. The number of nitrogens with one attached hydrogen (secondary N) is 1. The molecule has 0 saturated carbocycles. The molecule has 134 valence electrons. The van der Waals surface area contributed by atoms with E-state index in [2.05, 4.69) is 5.32 Å². The van der Waals surface area contributed by atoms with Crippen molar-refractivity contribution in [1.82, 2.24) is 0 Å². The molecule has 0 spiro atoms. The maximum absolute atomic E-state index is 12.8. The highest BCUT2D eigenvalue weighted by Gasteiger charge is 2.19. The molecule has 0 radical (unpaired) electrons. The number of carbonyl (C=O) groups excluding carboxylic acids is 2. The lowest BCUT2D eigenvalue weighted by molar-refractivity contribution is 0.0996. The fourth-order valence-corrected chi connectivity index (χ4v) is 2.94. The Labute approximate surface area is 156 Å². The van der Waals surface area contributed by atoms with Crippen LogP contribution in [0.5, 0.6) is 11.5 Å². The molecule has 1 aliphatic heterocycles. The number of ketones is 1. The number of ether oxygens (including phenoxy) is 2. The molecule has 3 aromatic carbocycles. The standard InChI is InChI=1S/C22H17NO4/c24-21(15-6-2-1-3-7-15)17-8-4-5-9-18(17)22(25)23-16-10-11-19-20(14-16)27-13-12-26-19/h1-11,14H,12-13H2,(H,23,25). The molecule has 0 saturated heterocycles. The van der Waals surface area contributed by atoms with E-state index in [1.54, 1.807) is 66.7 Å². The molecule has 0 aliphatic carbocycles. The fraction of sp³-hybridized carbons (Fsp3) is 0.0909. The van der Waals surface area contributed by atoms with Gasteiger partial charge in [0.25, 0.3) is 5.91 Å². The van der Waals surface area contributed by atoms with E-state index in [0.29, 0.717) is 47.1 Å². The number of hydrogen-bond donors (Lipinski definition) is 1. The van der Waals surface area contributed by atoms with E-state index < -0.39 is 0 Å². The third-order valence-electron chi connectivity index (χ3n) is 4.25. The van der Waals surface area contributed by atoms with Crippen LogP contribution in [0, 0.1) is 0 Å². The van der Waals surface area contributed by atoms with Gasteiger partial charge < -0.3 is 14.8 Å². The van der Waals surface area contributed by atoms with Crippen molar-refractivity contribution in [3.8, 4) is 11.5 Å². The first-order chi connectivity index (χ1) is 13.2. The number of fused-ring (bicyclic) bond motifs is 1. The van der Waals surface area contributed by atoms with Crippen molar-refractivity contribution in [1.29, 1.82) is 0 Å². The van der Waals surface area contributed by atoms with Crippen LogP contribution >= 0.6 is 0 Å². The quantitative estimate of drug-likeness (QED) is 0.717. The minimum Gasteiger partial charge on any atom is -0.486 e. The third-order valence-corrected chi connectivity index (χ3v) is 4.25. The van der Waals surface area contributed by atoms with Crippen LogP contribution in [0.4, 0.5) is 5.69 Å². The van der Waals surface area contributed by atoms with Gasteiger partial charge in [0, 0.05) is 22.9 Å². The summed E-state index contributed by atoms with van der Waals surface area (Å²) in [6.45, 7) is 0.979. The molecule has 1 aliphatic rings. The van der Waals surface area contributed by atoms with Crippen LogP contribution in [0.15, 0.2) is 72.8 Å². The van der Waals surface area contributed by atoms with Gasteiger partial charge in [-0.05, 0) is 18.2 Å². The molecule has 0 fully saturated rings. The fourth-order valence-electron chi connectivity index (χ4n) is 2.94. The van der Waals surface area contributed by atoms with Crippen LogP contribution in [0.25, 0.3) is 0 Å². The van der Waals surface area contributed by atoms with Gasteiger partial charge >= 0.3 is 0 Å². The summed E-state index contributed by atoms with van der Waals surface area (Å²) in [6, 6.07) is 20.9. The predicted octanol–water partition coefficient (Wildman–Crippen LogP) is 3.94. The average Bonchev–Trinajstić information content (AvgIpc) is 2.73. The van der Waals surface area contributed by atoms with Gasteiger partial charge in [-0.2, -0.15) is 0 Å². The van der Waals surface area contributed by atoms with Crippen molar-refractivity contribution in [3.05, 3.63) is 89.5 Å². The summed E-state index contributed by atoms with van der Waals surface area (Å²) in [7, 11) is 0. The molecule has 1 N–H and O–H groups in total. The summed E-state index contributed by atoms with van der Waals surface area (Å²) in [5.41, 5.74) is 1.79. The van der Waals surface area contributed by atoms with E-state index in [4.69, 9.17) is 9.47 Å². The van der Waals surface area contributed by atoms with E-state index in [9.17, 15) is 9.59 Å². The Balaban J connectivity index is 1.60. The summed E-state index contributed by atoms with van der Waals surface area (Å²) < 4.78 is 11.0. The Morgan fingerprint density at radius 3 is 2.19 bits per heavy atom. The third kappa shape index (κ3) is 3.53. The zero-order valence-electron chi connectivity index (χ0n) is 14.5. The molecule has 1 heterocycles. The van der Waals surface area contributed by atoms with Gasteiger partial charge in [-0.3, -0.25) is 9.59 Å². The van der Waals surface area contributed by atoms with Gasteiger partial charge in [-0.15, -0.1) is 0 Å². The lowest BCUT2D eigenvalue weighted by atomic mass is 9.98. The second-order valence-corrected chi connectivity index (χ2v) is 6.05. The van der Waals surface area contributed by atoms with Crippen LogP contribution in [0.2, 0.25) is 0 Å². The van der Waals surface area contributed by atoms with E-state index in [0.717, 1.165) is 0 Å². The zero-order chi connectivity index (χ0) is 18.6. The van der Waals surface area contributed by atoms with Crippen LogP contribution < -0.4 is 14.8 Å². The zero-order valence-corrected chi connectivity index (χ0v) is 14.5. The number of anilines is 1. The maximum Gasteiger partial charge on any atom is 0.256 e. The summed E-state index contributed by atoms with van der Waals surface area (Å²) in [4.78, 5) is 25.6. The SMILES string of the molecule is O=C(Nc1ccc2c(c1)OCCO2)c1ccccc1C(=O)c1ccccc1. The minimum absolute atomic E-state index is 0.191. The second kappa shape index (κ2) is 7.33. The lowest BCUT2D eigenvalue weighted by Crippen LogP contribution is -2.18. The highest BCUT2D eigenvalue weighted by atomic mass is 16.6. The molecule has 27 heavy (non-hydrogen) atoms. The summed E-state index contributed by atoms with van der Waals surface area (Å²) >= 11 is 0. The Morgan fingerprint density at radius 2 is 1.41 bits per heavy atom. The van der Waals surface area contributed by atoms with Crippen molar-refractivity contribution < 1.29 is 19.1 Å². The summed E-state index contributed by atoms with van der Waals surface area (Å²) in [5, 5.41) is 2.83. The van der Waals surface area contributed by atoms with Crippen LogP contribution in [0.1, 0.15) is 26.3 Å². The van der Waals surface area contributed by atoms with E-state index in [1.807, 2.05) is 6.07 Å². The predicted molar refractivity (Wildman–Crippen MR) is 102 cm³/mol. The monoisotopic (exact) mass is 359 g/mol. The molecule has 0 bridgehead atoms. The summed E-state index contributed by atoms with van der Waals surface area (Å²) in [5.74, 6) is 0.696. The van der Waals surface area contributed by atoms with Crippen molar-refractivity contribution in [2.24, 2.45) is 0 Å². The van der Waals surface area contributed by atoms with Crippen molar-refractivity contribution in [3.63, 3.8) is 0 Å². The van der Waals surface area contributed by atoms with Gasteiger partial charge in [0.05, 0.1) is 5.56 Å². The second-order valence-electron chi connectivity index (χ2n) is 6.05. The van der Waals surface area contributed by atoms with E-state index >= 15 is 0 Å². The van der Waals surface area contributed by atoms with Crippen molar-refractivity contribution in [2.75, 3.05) is 18.5 Å². The van der Waals surface area contributed by atoms with Gasteiger partial charge in [0.15, 0.2) is 17.3 Å². The molecule has 0 atom stereocenters. The molecular formula is C22H17NO4. The van der Waals surface area contributed by atoms with Gasteiger partial charge in [-0.25, -0.2) is 0 Å². The Bertz CT molecular complexity index is 998. The van der Waals surface area contributed by atoms with Gasteiger partial charge in [0.2, 0.25) is 0 Å². The summed E-state index contributed by atoms with van der Waals surface area (Å²) in [6.07, 6.45) is 0. The van der Waals surface area contributed by atoms with Crippen molar-refractivity contribution >= 4 is 17.4 Å². The molecule has 4 rings (SSSR count). The van der Waals surface area contributed by atoms with Gasteiger partial charge in [0.1, 0.15) is 13.2 Å². The van der Waals surface area contributed by atoms with Crippen LogP contribution in [-0.4, -0.2) is 24.9 Å². The Hall–Kier alpha value is -3.60. The number of amides is 1.